The molecule has 2 aliphatic heterocycles. The number of aryl methyl sites for hydroxylation is 1. The lowest BCUT2D eigenvalue weighted by Gasteiger charge is -2.22. The summed E-state index contributed by atoms with van der Waals surface area (Å²) in [6.07, 6.45) is 2.54. The predicted molar refractivity (Wildman–Crippen MR) is 81.6 cm³/mol. The molecule has 1 fully saturated rings. The predicted octanol–water partition coefficient (Wildman–Crippen LogP) is 2.64. The van der Waals surface area contributed by atoms with Gasteiger partial charge >= 0.3 is 0 Å². The van der Waals surface area contributed by atoms with Gasteiger partial charge in [0.15, 0.2) is 5.82 Å². The third-order valence-electron chi connectivity index (χ3n) is 4.57. The maximum atomic E-state index is 12.9. The van der Waals surface area contributed by atoms with E-state index < -0.39 is 0 Å². The summed E-state index contributed by atoms with van der Waals surface area (Å²) in [4.78, 5) is 19.2. The van der Waals surface area contributed by atoms with Gasteiger partial charge in [-0.1, -0.05) is 18.1 Å². The first-order valence-electron chi connectivity index (χ1n) is 8.09. The zero-order chi connectivity index (χ0) is 15.8. The third-order valence-corrected chi connectivity index (χ3v) is 4.57. The zero-order valence-corrected chi connectivity index (χ0v) is 13.1. The Balaban J connectivity index is 1.59. The molecule has 2 aromatic rings. The first kappa shape index (κ1) is 14.4. The van der Waals surface area contributed by atoms with Crippen molar-refractivity contribution in [3.8, 4) is 0 Å². The molecule has 0 unspecified atom stereocenters. The zero-order valence-electron chi connectivity index (χ0n) is 13.1. The van der Waals surface area contributed by atoms with Crippen LogP contribution in [-0.4, -0.2) is 27.5 Å². The van der Waals surface area contributed by atoms with E-state index in [1.54, 1.807) is 0 Å². The standard InChI is InChI=1S/C17H19N3O3/c1-2-15-18-16(19-23-15)14-4-3-7-20(14)17(21)11-5-6-12-9-22-10-13(12)8-11/h5-6,8,14H,2-4,7,9-10H2,1H3/t14-/m0/s1. The molecule has 4 rings (SSSR count). The van der Waals surface area contributed by atoms with Crippen molar-refractivity contribution in [2.24, 2.45) is 0 Å². The quantitative estimate of drug-likeness (QED) is 0.871. The Labute approximate surface area is 134 Å². The molecule has 3 heterocycles. The molecule has 0 aliphatic carbocycles. The van der Waals surface area contributed by atoms with Gasteiger partial charge in [0.2, 0.25) is 5.89 Å². The van der Waals surface area contributed by atoms with Crippen LogP contribution < -0.4 is 0 Å². The highest BCUT2D eigenvalue weighted by molar-refractivity contribution is 5.95. The Morgan fingerprint density at radius 2 is 2.22 bits per heavy atom. The third kappa shape index (κ3) is 2.53. The van der Waals surface area contributed by atoms with Gasteiger partial charge in [-0.05, 0) is 36.1 Å². The molecule has 120 valence electrons. The minimum absolute atomic E-state index is 0.0325. The molecule has 1 saturated heterocycles. The van der Waals surface area contributed by atoms with Crippen LogP contribution in [0, 0.1) is 0 Å². The number of ether oxygens (including phenoxy) is 1. The van der Waals surface area contributed by atoms with E-state index in [0.717, 1.165) is 24.9 Å². The number of amides is 1. The van der Waals surface area contributed by atoms with Gasteiger partial charge in [0, 0.05) is 18.5 Å². The average Bonchev–Trinajstić information content (AvgIpc) is 3.31. The average molecular weight is 313 g/mol. The highest BCUT2D eigenvalue weighted by Gasteiger charge is 2.34. The highest BCUT2D eigenvalue weighted by atomic mass is 16.5. The summed E-state index contributed by atoms with van der Waals surface area (Å²) in [5, 5.41) is 4.05. The van der Waals surface area contributed by atoms with Crippen molar-refractivity contribution in [3.63, 3.8) is 0 Å². The number of carbonyl (C=O) groups is 1. The lowest BCUT2D eigenvalue weighted by Crippen LogP contribution is -2.31. The van der Waals surface area contributed by atoms with Crippen LogP contribution in [0.1, 0.15) is 59.0 Å². The Kier molecular flexibility index (Phi) is 3.61. The van der Waals surface area contributed by atoms with E-state index in [4.69, 9.17) is 9.26 Å². The monoisotopic (exact) mass is 313 g/mol. The number of likely N-dealkylation sites (tertiary alicyclic amines) is 1. The molecule has 0 bridgehead atoms. The number of benzene rings is 1. The molecule has 6 heteroatoms. The lowest BCUT2D eigenvalue weighted by atomic mass is 10.1. The summed E-state index contributed by atoms with van der Waals surface area (Å²) >= 11 is 0. The fourth-order valence-electron chi connectivity index (χ4n) is 3.30. The van der Waals surface area contributed by atoms with Crippen LogP contribution in [0.3, 0.4) is 0 Å². The van der Waals surface area contributed by atoms with Gasteiger partial charge in [-0.25, -0.2) is 0 Å². The Hall–Kier alpha value is -2.21. The molecule has 0 radical (unpaired) electrons. The summed E-state index contributed by atoms with van der Waals surface area (Å²) in [5.41, 5.74) is 2.99. The van der Waals surface area contributed by atoms with E-state index in [1.807, 2.05) is 30.0 Å². The van der Waals surface area contributed by atoms with Crippen molar-refractivity contribution in [1.82, 2.24) is 15.0 Å². The SMILES string of the molecule is CCc1nc([C@@H]2CCCN2C(=O)c2ccc3c(c2)COC3)no1. The fourth-order valence-corrected chi connectivity index (χ4v) is 3.30. The summed E-state index contributed by atoms with van der Waals surface area (Å²) in [5.74, 6) is 1.27. The normalized spacial score (nSPS) is 20.0. The largest absolute Gasteiger partial charge is 0.372 e. The van der Waals surface area contributed by atoms with Crippen molar-refractivity contribution in [2.75, 3.05) is 6.54 Å². The Morgan fingerprint density at radius 1 is 1.35 bits per heavy atom. The first-order valence-corrected chi connectivity index (χ1v) is 8.09. The van der Waals surface area contributed by atoms with Crippen LogP contribution in [-0.2, 0) is 24.4 Å². The number of fused-ring (bicyclic) bond motifs is 1. The molecule has 6 nitrogen and oxygen atoms in total. The molecular weight excluding hydrogens is 294 g/mol. The molecule has 0 saturated carbocycles. The second-order valence-corrected chi connectivity index (χ2v) is 6.03. The molecule has 2 aliphatic rings. The van der Waals surface area contributed by atoms with Crippen LogP contribution in [0.4, 0.5) is 0 Å². The summed E-state index contributed by atoms with van der Waals surface area (Å²) in [7, 11) is 0. The van der Waals surface area contributed by atoms with E-state index >= 15 is 0 Å². The molecule has 23 heavy (non-hydrogen) atoms. The molecule has 0 spiro atoms. The van der Waals surface area contributed by atoms with Gasteiger partial charge in [0.05, 0.1) is 19.3 Å². The van der Waals surface area contributed by atoms with Gasteiger partial charge in [-0.15, -0.1) is 0 Å². The first-order chi connectivity index (χ1) is 11.3. The van der Waals surface area contributed by atoms with Gasteiger partial charge in [-0.3, -0.25) is 4.79 Å². The van der Waals surface area contributed by atoms with Crippen LogP contribution in [0.2, 0.25) is 0 Å². The number of nitrogens with zero attached hydrogens (tertiary/aromatic N) is 3. The van der Waals surface area contributed by atoms with Gasteiger partial charge in [-0.2, -0.15) is 4.98 Å². The molecular formula is C17H19N3O3. The number of rotatable bonds is 3. The van der Waals surface area contributed by atoms with Crippen molar-refractivity contribution in [3.05, 3.63) is 46.6 Å². The smallest absolute Gasteiger partial charge is 0.254 e. The second kappa shape index (κ2) is 5.77. The summed E-state index contributed by atoms with van der Waals surface area (Å²) in [6.45, 7) is 3.93. The van der Waals surface area contributed by atoms with Gasteiger partial charge in [0.1, 0.15) is 0 Å². The molecule has 1 aromatic heterocycles. The lowest BCUT2D eigenvalue weighted by molar-refractivity contribution is 0.0728. The van der Waals surface area contributed by atoms with Crippen LogP contribution >= 0.6 is 0 Å². The molecule has 1 atom stereocenters. The molecule has 1 amide bonds. The Bertz CT molecular complexity index is 740. The Morgan fingerprint density at radius 3 is 3.04 bits per heavy atom. The minimum Gasteiger partial charge on any atom is -0.372 e. The van der Waals surface area contributed by atoms with Crippen molar-refractivity contribution < 1.29 is 14.1 Å². The fraction of sp³-hybridized carbons (Fsp3) is 0.471. The topological polar surface area (TPSA) is 68.5 Å². The minimum atomic E-state index is -0.0870. The van der Waals surface area contributed by atoms with E-state index in [9.17, 15) is 4.79 Å². The summed E-state index contributed by atoms with van der Waals surface area (Å²) in [6, 6.07) is 5.74. The van der Waals surface area contributed by atoms with E-state index in [1.165, 1.54) is 5.56 Å². The van der Waals surface area contributed by atoms with Crippen molar-refractivity contribution >= 4 is 5.91 Å². The molecule has 0 N–H and O–H groups in total. The number of aromatic nitrogens is 2. The van der Waals surface area contributed by atoms with Gasteiger partial charge < -0.3 is 14.2 Å². The van der Waals surface area contributed by atoms with Crippen LogP contribution in [0.15, 0.2) is 22.7 Å². The van der Waals surface area contributed by atoms with Crippen molar-refractivity contribution in [2.45, 2.75) is 45.4 Å². The number of hydrogen-bond acceptors (Lipinski definition) is 5. The van der Waals surface area contributed by atoms with Gasteiger partial charge in [0.25, 0.3) is 5.91 Å². The second-order valence-electron chi connectivity index (χ2n) is 6.03. The van der Waals surface area contributed by atoms with E-state index in [-0.39, 0.29) is 11.9 Å². The highest BCUT2D eigenvalue weighted by Crippen LogP contribution is 2.32. The summed E-state index contributed by atoms with van der Waals surface area (Å²) < 4.78 is 10.6. The number of hydrogen-bond donors (Lipinski definition) is 0. The maximum Gasteiger partial charge on any atom is 0.254 e. The maximum absolute atomic E-state index is 12.9. The van der Waals surface area contributed by atoms with Crippen LogP contribution in [0.25, 0.3) is 0 Å². The van der Waals surface area contributed by atoms with Crippen molar-refractivity contribution in [1.29, 1.82) is 0 Å². The number of carbonyl (C=O) groups excluding carboxylic acids is 1. The molecule has 1 aromatic carbocycles. The van der Waals surface area contributed by atoms with E-state index in [2.05, 4.69) is 10.1 Å². The van der Waals surface area contributed by atoms with E-state index in [0.29, 0.717) is 36.9 Å². The van der Waals surface area contributed by atoms with Crippen LogP contribution in [0.5, 0.6) is 0 Å².